The number of fused-ring (bicyclic) bond motifs is 3. The topological polar surface area (TPSA) is 112 Å². The van der Waals surface area contributed by atoms with Crippen LogP contribution in [-0.2, 0) is 19.1 Å². The molecule has 0 fully saturated rings. The smallest absolute Gasteiger partial charge is 0.331 e. The minimum atomic E-state index is -4.50. The number of benzene rings is 1. The fourth-order valence-electron chi connectivity index (χ4n) is 4.65. The van der Waals surface area contributed by atoms with Crippen molar-refractivity contribution in [3.05, 3.63) is 92.5 Å². The Morgan fingerprint density at radius 2 is 1.95 bits per heavy atom. The number of rotatable bonds is 3. The van der Waals surface area contributed by atoms with E-state index < -0.39 is 17.3 Å². The number of hydrogen-bond acceptors (Lipinski definition) is 4. The van der Waals surface area contributed by atoms with Gasteiger partial charge in [0.15, 0.2) is 0 Å². The zero-order chi connectivity index (χ0) is 27.2. The SMILES string of the molecule is CN(C)C(=O)N1CCc2c(c3ccc(-n4ccc(-c5ccc(C(F)(F)F)cn5)cc4=O)cc3n2N=[N+]=[N-])C1. The molecule has 1 aliphatic rings. The highest BCUT2D eigenvalue weighted by molar-refractivity contribution is 5.88. The number of aromatic nitrogens is 3. The molecule has 4 aromatic rings. The summed E-state index contributed by atoms with van der Waals surface area (Å²) in [5, 5.41) is 4.65. The first-order valence-electron chi connectivity index (χ1n) is 11.5. The first kappa shape index (κ1) is 24.9. The van der Waals surface area contributed by atoms with E-state index in [1.54, 1.807) is 37.2 Å². The Hall–Kier alpha value is -4.77. The highest BCUT2D eigenvalue weighted by Crippen LogP contribution is 2.33. The molecule has 0 saturated heterocycles. The van der Waals surface area contributed by atoms with Crippen LogP contribution in [0.3, 0.4) is 0 Å². The molecule has 4 heterocycles. The molecule has 0 spiro atoms. The van der Waals surface area contributed by atoms with Crippen molar-refractivity contribution in [1.29, 1.82) is 0 Å². The summed E-state index contributed by atoms with van der Waals surface area (Å²) >= 11 is 0. The van der Waals surface area contributed by atoms with Crippen molar-refractivity contribution in [1.82, 2.24) is 24.0 Å². The number of halogens is 3. The van der Waals surface area contributed by atoms with Gasteiger partial charge in [0.05, 0.1) is 23.5 Å². The molecule has 1 aliphatic heterocycles. The lowest BCUT2D eigenvalue weighted by Crippen LogP contribution is -2.42. The number of azide groups is 1. The summed E-state index contributed by atoms with van der Waals surface area (Å²) in [7, 11) is 3.37. The van der Waals surface area contributed by atoms with Crippen LogP contribution in [-0.4, -0.2) is 50.7 Å². The van der Waals surface area contributed by atoms with Gasteiger partial charge in [-0.15, -0.1) is 5.53 Å². The summed E-state index contributed by atoms with van der Waals surface area (Å²) in [6.07, 6.45) is -1.77. The number of pyridine rings is 2. The van der Waals surface area contributed by atoms with Gasteiger partial charge in [0.25, 0.3) is 5.56 Å². The molecule has 1 aromatic carbocycles. The third-order valence-electron chi connectivity index (χ3n) is 6.47. The van der Waals surface area contributed by atoms with Gasteiger partial charge in [0.1, 0.15) is 11.2 Å². The van der Waals surface area contributed by atoms with E-state index >= 15 is 0 Å². The maximum atomic E-state index is 13.0. The van der Waals surface area contributed by atoms with Crippen LogP contribution in [0.4, 0.5) is 18.0 Å². The van der Waals surface area contributed by atoms with E-state index in [1.165, 1.54) is 32.5 Å². The molecule has 0 bridgehead atoms. The first-order valence-corrected chi connectivity index (χ1v) is 11.5. The van der Waals surface area contributed by atoms with Crippen molar-refractivity contribution in [2.75, 3.05) is 20.6 Å². The summed E-state index contributed by atoms with van der Waals surface area (Å²) in [5.74, 6) is 0. The van der Waals surface area contributed by atoms with E-state index in [-0.39, 0.29) is 11.7 Å². The molecule has 38 heavy (non-hydrogen) atoms. The van der Waals surface area contributed by atoms with Gasteiger partial charge in [0.2, 0.25) is 0 Å². The predicted octanol–water partition coefficient (Wildman–Crippen LogP) is 4.99. The van der Waals surface area contributed by atoms with E-state index in [2.05, 4.69) is 15.1 Å². The minimum absolute atomic E-state index is 0.119. The number of hydrogen-bond donors (Lipinski definition) is 0. The second kappa shape index (κ2) is 9.27. The molecule has 10 nitrogen and oxygen atoms in total. The van der Waals surface area contributed by atoms with Gasteiger partial charge in [-0.05, 0) is 35.6 Å². The molecule has 5 rings (SSSR count). The zero-order valence-corrected chi connectivity index (χ0v) is 20.3. The first-order chi connectivity index (χ1) is 18.1. The second-order valence-electron chi connectivity index (χ2n) is 9.02. The monoisotopic (exact) mass is 522 g/mol. The van der Waals surface area contributed by atoms with Crippen LogP contribution in [0.5, 0.6) is 0 Å². The number of nitrogens with zero attached hydrogens (tertiary/aromatic N) is 8. The van der Waals surface area contributed by atoms with Crippen LogP contribution in [0.25, 0.3) is 38.3 Å². The van der Waals surface area contributed by atoms with Gasteiger partial charge >= 0.3 is 12.2 Å². The Labute approximate surface area is 213 Å². The fourth-order valence-corrected chi connectivity index (χ4v) is 4.65. The van der Waals surface area contributed by atoms with Crippen LogP contribution in [0, 0.1) is 0 Å². The summed E-state index contributed by atoms with van der Waals surface area (Å²) < 4.78 is 41.4. The molecule has 0 atom stereocenters. The highest BCUT2D eigenvalue weighted by Gasteiger charge is 2.31. The maximum absolute atomic E-state index is 13.0. The van der Waals surface area contributed by atoms with Gasteiger partial charge in [-0.3, -0.25) is 14.3 Å². The molecule has 0 radical (unpaired) electrons. The average molecular weight is 522 g/mol. The zero-order valence-electron chi connectivity index (χ0n) is 20.3. The lowest BCUT2D eigenvalue weighted by atomic mass is 10.0. The summed E-state index contributed by atoms with van der Waals surface area (Å²) in [6.45, 7) is 0.817. The van der Waals surface area contributed by atoms with Crippen molar-refractivity contribution < 1.29 is 18.0 Å². The van der Waals surface area contributed by atoms with E-state index in [4.69, 9.17) is 0 Å². The molecule has 2 amide bonds. The normalized spacial score (nSPS) is 13.2. The van der Waals surface area contributed by atoms with Crippen molar-refractivity contribution in [3.63, 3.8) is 0 Å². The van der Waals surface area contributed by atoms with Crippen LogP contribution >= 0.6 is 0 Å². The number of carbonyl (C=O) groups excluding carboxylic acids is 1. The molecule has 3 aromatic heterocycles. The number of carbonyl (C=O) groups is 1. The predicted molar refractivity (Wildman–Crippen MR) is 134 cm³/mol. The molecule has 13 heteroatoms. The lowest BCUT2D eigenvalue weighted by Gasteiger charge is -2.29. The Morgan fingerprint density at radius 1 is 1.16 bits per heavy atom. The highest BCUT2D eigenvalue weighted by atomic mass is 19.4. The Balaban J connectivity index is 1.53. The molecule has 0 N–H and O–H groups in total. The van der Waals surface area contributed by atoms with Crippen LogP contribution in [0.1, 0.15) is 16.8 Å². The fraction of sp³-hybridized carbons (Fsp3) is 0.240. The molecule has 0 aliphatic carbocycles. The standard InChI is InChI=1S/C25H21F3N8O2/c1-33(2)24(38)34-9-8-21-19(14-34)18-5-4-17(12-22(18)36(21)32-31-29)35-10-7-15(11-23(35)37)20-6-3-16(13-30-20)25(26,27)28/h3-7,10-13H,8-9,14H2,1-2H3. The van der Waals surface area contributed by atoms with Gasteiger partial charge in [0, 0.05) is 68.1 Å². The number of amides is 2. The summed E-state index contributed by atoms with van der Waals surface area (Å²) in [6, 6.07) is 10.2. The Bertz CT molecular complexity index is 1670. The molecular formula is C25H21F3N8O2. The van der Waals surface area contributed by atoms with Crippen molar-refractivity contribution in [3.8, 4) is 16.9 Å². The van der Waals surface area contributed by atoms with E-state index in [9.17, 15) is 28.3 Å². The third-order valence-corrected chi connectivity index (χ3v) is 6.47. The third kappa shape index (κ3) is 4.33. The lowest BCUT2D eigenvalue weighted by molar-refractivity contribution is -0.137. The van der Waals surface area contributed by atoms with E-state index in [0.29, 0.717) is 36.3 Å². The Morgan fingerprint density at radius 3 is 2.58 bits per heavy atom. The van der Waals surface area contributed by atoms with E-state index in [1.807, 2.05) is 6.07 Å². The second-order valence-corrected chi connectivity index (χ2v) is 9.02. The van der Waals surface area contributed by atoms with Crippen LogP contribution < -0.4 is 5.56 Å². The Kier molecular flexibility index (Phi) is 6.08. The van der Waals surface area contributed by atoms with Crippen molar-refractivity contribution in [2.45, 2.75) is 19.1 Å². The number of alkyl halides is 3. The average Bonchev–Trinajstić information content (AvgIpc) is 3.20. The van der Waals surface area contributed by atoms with Gasteiger partial charge in [-0.1, -0.05) is 0 Å². The van der Waals surface area contributed by atoms with Crippen molar-refractivity contribution >= 4 is 16.9 Å². The molecule has 0 saturated carbocycles. The van der Waals surface area contributed by atoms with Crippen LogP contribution in [0.15, 0.2) is 64.9 Å². The van der Waals surface area contributed by atoms with Gasteiger partial charge in [-0.2, -0.15) is 22.8 Å². The van der Waals surface area contributed by atoms with E-state index in [0.717, 1.165) is 28.9 Å². The molecule has 0 unspecified atom stereocenters. The molecule has 194 valence electrons. The van der Waals surface area contributed by atoms with Gasteiger partial charge in [-0.25, -0.2) is 4.79 Å². The summed E-state index contributed by atoms with van der Waals surface area (Å²) in [5.41, 5.74) is 11.3. The van der Waals surface area contributed by atoms with Crippen LogP contribution in [0.2, 0.25) is 0 Å². The van der Waals surface area contributed by atoms with Crippen molar-refractivity contribution in [2.24, 2.45) is 5.22 Å². The quantitative estimate of drug-likeness (QED) is 0.215. The molecular weight excluding hydrogens is 501 g/mol. The number of urea groups is 1. The largest absolute Gasteiger partial charge is 0.417 e. The maximum Gasteiger partial charge on any atom is 0.417 e. The minimum Gasteiger partial charge on any atom is -0.331 e. The van der Waals surface area contributed by atoms with Gasteiger partial charge < -0.3 is 9.80 Å². The summed E-state index contributed by atoms with van der Waals surface area (Å²) in [4.78, 5) is 35.5.